The van der Waals surface area contributed by atoms with Crippen LogP contribution in [0, 0.1) is 11.3 Å². The van der Waals surface area contributed by atoms with Crippen LogP contribution in [0.2, 0.25) is 0 Å². The molecule has 1 aromatic heterocycles. The van der Waals surface area contributed by atoms with Gasteiger partial charge < -0.3 is 0 Å². The van der Waals surface area contributed by atoms with E-state index in [9.17, 15) is 0 Å². The molecule has 0 aliphatic carbocycles. The maximum absolute atomic E-state index is 8.84. The Balaban J connectivity index is 2.71. The fourth-order valence-electron chi connectivity index (χ4n) is 1.34. The molecule has 15 heavy (non-hydrogen) atoms. The molecule has 0 bridgehead atoms. The number of methoxy groups -OCH3 is 1. The summed E-state index contributed by atoms with van der Waals surface area (Å²) in [6.07, 6.45) is 0. The van der Waals surface area contributed by atoms with E-state index in [0.29, 0.717) is 10.2 Å². The van der Waals surface area contributed by atoms with Gasteiger partial charge in [0.1, 0.15) is 0 Å². The molecule has 73 valence electrons. The molecule has 0 amide bonds. The summed E-state index contributed by atoms with van der Waals surface area (Å²) < 4.78 is 5.73. The van der Waals surface area contributed by atoms with E-state index in [1.165, 1.54) is 0 Å². The van der Waals surface area contributed by atoms with Crippen molar-refractivity contribution >= 4 is 31.5 Å². The zero-order valence-electron chi connectivity index (χ0n) is 8.02. The minimum atomic E-state index is 0.563. The zero-order valence-corrected chi connectivity index (χ0v) is 9.73. The minimum absolute atomic E-state index is 0.563. The predicted octanol–water partition coefficient (Wildman–Crippen LogP) is 0.909. The van der Waals surface area contributed by atoms with Gasteiger partial charge in [-0.3, -0.25) is 0 Å². The quantitative estimate of drug-likeness (QED) is 0.717. The van der Waals surface area contributed by atoms with Crippen LogP contribution in [0.4, 0.5) is 0 Å². The van der Waals surface area contributed by atoms with Gasteiger partial charge in [-0.1, -0.05) is 0 Å². The van der Waals surface area contributed by atoms with Gasteiger partial charge in [0.25, 0.3) is 0 Å². The molecule has 1 heterocycles. The van der Waals surface area contributed by atoms with Gasteiger partial charge in [-0.15, -0.1) is 0 Å². The van der Waals surface area contributed by atoms with E-state index in [2.05, 4.69) is 27.1 Å². The van der Waals surface area contributed by atoms with Crippen LogP contribution in [0.25, 0.3) is 10.9 Å². The Morgan fingerprint density at radius 3 is 2.87 bits per heavy atom. The summed E-state index contributed by atoms with van der Waals surface area (Å²) in [7, 11) is 1.61. The molecule has 0 atom stereocenters. The molecule has 0 saturated carbocycles. The summed E-state index contributed by atoms with van der Waals surface area (Å²) in [5.41, 5.74) is 1.38. The Labute approximate surface area is 95.5 Å². The van der Waals surface area contributed by atoms with Gasteiger partial charge in [-0.25, -0.2) is 0 Å². The SMILES string of the molecule is COc1ccc2cc(C#N)c([Se])nc2c1. The van der Waals surface area contributed by atoms with E-state index in [1.54, 1.807) is 7.11 Å². The molecule has 1 aromatic carbocycles. The summed E-state index contributed by atoms with van der Waals surface area (Å²) in [6.45, 7) is 0. The molecule has 1 radical (unpaired) electrons. The van der Waals surface area contributed by atoms with Crippen LogP contribution in [0.15, 0.2) is 24.3 Å². The number of benzene rings is 1. The Kier molecular flexibility index (Phi) is 2.59. The van der Waals surface area contributed by atoms with Crippen molar-refractivity contribution in [2.45, 2.75) is 0 Å². The van der Waals surface area contributed by atoms with Crippen molar-refractivity contribution in [2.75, 3.05) is 7.11 Å². The summed E-state index contributed by atoms with van der Waals surface area (Å²) in [4.78, 5) is 4.30. The first-order valence-corrected chi connectivity index (χ1v) is 5.16. The second kappa shape index (κ2) is 3.90. The molecule has 3 nitrogen and oxygen atoms in total. The standard InChI is InChI=1S/C11H7N2OSe/c1-14-9-3-2-7-4-8(6-12)11(15)13-10(7)5-9/h2-5H,1H3. The van der Waals surface area contributed by atoms with E-state index in [-0.39, 0.29) is 0 Å². The van der Waals surface area contributed by atoms with Gasteiger partial charge in [0.15, 0.2) is 0 Å². The predicted molar refractivity (Wildman–Crippen MR) is 58.4 cm³/mol. The Bertz CT molecular complexity index is 560. The van der Waals surface area contributed by atoms with Crippen molar-refractivity contribution in [1.82, 2.24) is 4.98 Å². The third-order valence-electron chi connectivity index (χ3n) is 2.11. The first-order chi connectivity index (χ1) is 7.24. The van der Waals surface area contributed by atoms with Crippen LogP contribution < -0.4 is 9.33 Å². The fraction of sp³-hybridized carbons (Fsp3) is 0.0909. The molecule has 0 aliphatic rings. The van der Waals surface area contributed by atoms with E-state index in [4.69, 9.17) is 10.00 Å². The van der Waals surface area contributed by atoms with E-state index >= 15 is 0 Å². The average molecular weight is 262 g/mol. The van der Waals surface area contributed by atoms with Gasteiger partial charge in [-0.2, -0.15) is 0 Å². The molecule has 0 aliphatic heterocycles. The van der Waals surface area contributed by atoms with Crippen molar-refractivity contribution in [3.05, 3.63) is 29.8 Å². The number of aromatic nitrogens is 1. The Morgan fingerprint density at radius 2 is 2.20 bits per heavy atom. The van der Waals surface area contributed by atoms with Crippen LogP contribution in [0.5, 0.6) is 5.75 Å². The molecule has 2 rings (SSSR count). The molecule has 0 N–H and O–H groups in total. The number of pyridine rings is 1. The van der Waals surface area contributed by atoms with Crippen molar-refractivity contribution in [3.8, 4) is 11.8 Å². The molecule has 2 aromatic rings. The van der Waals surface area contributed by atoms with Crippen LogP contribution >= 0.6 is 0 Å². The van der Waals surface area contributed by atoms with Gasteiger partial charge in [0.05, 0.1) is 0 Å². The molecule has 0 saturated heterocycles. The van der Waals surface area contributed by atoms with Gasteiger partial charge >= 0.3 is 95.2 Å². The number of nitrogens with zero attached hydrogens (tertiary/aromatic N) is 2. The van der Waals surface area contributed by atoms with Crippen molar-refractivity contribution in [1.29, 1.82) is 5.26 Å². The number of ether oxygens (including phenoxy) is 1. The number of nitriles is 1. The van der Waals surface area contributed by atoms with Crippen molar-refractivity contribution in [2.24, 2.45) is 0 Å². The van der Waals surface area contributed by atoms with Gasteiger partial charge in [0, 0.05) is 0 Å². The van der Waals surface area contributed by atoms with Crippen molar-refractivity contribution < 1.29 is 4.74 Å². The molecule has 0 fully saturated rings. The molecular weight excluding hydrogens is 255 g/mol. The first-order valence-electron chi connectivity index (χ1n) is 4.30. The van der Waals surface area contributed by atoms with E-state index < -0.39 is 0 Å². The fourth-order valence-corrected chi connectivity index (χ4v) is 1.76. The molecule has 4 heteroatoms. The van der Waals surface area contributed by atoms with Gasteiger partial charge in [-0.05, 0) is 0 Å². The normalized spacial score (nSPS) is 9.87. The Hall–Kier alpha value is -1.56. The average Bonchev–Trinajstić information content (AvgIpc) is 2.27. The van der Waals surface area contributed by atoms with E-state index in [1.807, 2.05) is 24.3 Å². The number of hydrogen-bond donors (Lipinski definition) is 0. The van der Waals surface area contributed by atoms with Crippen molar-refractivity contribution in [3.63, 3.8) is 0 Å². The monoisotopic (exact) mass is 263 g/mol. The maximum atomic E-state index is 8.84. The van der Waals surface area contributed by atoms with Crippen LogP contribution in [-0.2, 0) is 0 Å². The Morgan fingerprint density at radius 1 is 1.40 bits per heavy atom. The molecule has 0 unspecified atom stereocenters. The molecular formula is C11H7N2OSe. The van der Waals surface area contributed by atoms with Gasteiger partial charge in [0.2, 0.25) is 0 Å². The summed E-state index contributed by atoms with van der Waals surface area (Å²) >= 11 is 2.78. The summed E-state index contributed by atoms with van der Waals surface area (Å²) in [5, 5.41) is 9.78. The number of fused-ring (bicyclic) bond motifs is 1. The van der Waals surface area contributed by atoms with Crippen LogP contribution in [-0.4, -0.2) is 28.1 Å². The second-order valence-electron chi connectivity index (χ2n) is 3.01. The topological polar surface area (TPSA) is 45.9 Å². The summed E-state index contributed by atoms with van der Waals surface area (Å²) in [5.74, 6) is 0.763. The molecule has 0 spiro atoms. The summed E-state index contributed by atoms with van der Waals surface area (Å²) in [6, 6.07) is 9.49. The van der Waals surface area contributed by atoms with Crippen LogP contribution in [0.3, 0.4) is 0 Å². The second-order valence-corrected chi connectivity index (χ2v) is 3.82. The number of rotatable bonds is 1. The van der Waals surface area contributed by atoms with Crippen LogP contribution in [0.1, 0.15) is 5.56 Å². The first kappa shape index (κ1) is 9.97. The van der Waals surface area contributed by atoms with E-state index in [0.717, 1.165) is 16.7 Å². The number of hydrogen-bond acceptors (Lipinski definition) is 3. The third-order valence-corrected chi connectivity index (χ3v) is 2.76. The third kappa shape index (κ3) is 1.80. The zero-order chi connectivity index (χ0) is 10.8.